The Morgan fingerprint density at radius 2 is 1.89 bits per heavy atom. The number of carbonyl (C=O) groups excluding carboxylic acids is 2. The summed E-state index contributed by atoms with van der Waals surface area (Å²) in [5, 5.41) is 15.1. The van der Waals surface area contributed by atoms with Gasteiger partial charge >= 0.3 is 6.18 Å². The van der Waals surface area contributed by atoms with Gasteiger partial charge in [-0.1, -0.05) is 0 Å². The smallest absolute Gasteiger partial charge is 0.388 e. The molecular weight excluding hydrogens is 511 g/mol. The Balaban J connectivity index is 1.48. The molecular formula is C24H28F3N5O4S. The number of hydrogen-bond donors (Lipinski definition) is 3. The van der Waals surface area contributed by atoms with Crippen molar-refractivity contribution in [2.75, 3.05) is 18.5 Å². The Labute approximate surface area is 215 Å². The van der Waals surface area contributed by atoms with Crippen LogP contribution >= 0.6 is 11.3 Å². The molecule has 2 aromatic rings. The third-order valence-corrected chi connectivity index (χ3v) is 8.38. The van der Waals surface area contributed by atoms with Crippen molar-refractivity contribution in [3.05, 3.63) is 28.5 Å². The number of aliphatic hydroxyl groups is 1. The van der Waals surface area contributed by atoms with Crippen molar-refractivity contribution in [3.8, 4) is 10.4 Å². The van der Waals surface area contributed by atoms with Crippen molar-refractivity contribution in [3.63, 3.8) is 0 Å². The van der Waals surface area contributed by atoms with Crippen LogP contribution in [0.5, 0.6) is 0 Å². The minimum absolute atomic E-state index is 0.0502. The number of thiazole rings is 1. The van der Waals surface area contributed by atoms with Crippen LogP contribution in [0, 0.1) is 6.92 Å². The molecule has 3 aliphatic heterocycles. The highest BCUT2D eigenvalue weighted by molar-refractivity contribution is 7.17. The first-order valence-corrected chi connectivity index (χ1v) is 13.0. The predicted octanol–water partition coefficient (Wildman–Crippen LogP) is 3.13. The summed E-state index contributed by atoms with van der Waals surface area (Å²) in [5.41, 5.74) is 1.23. The predicted molar refractivity (Wildman–Crippen MR) is 130 cm³/mol. The molecule has 0 saturated carbocycles. The quantitative estimate of drug-likeness (QED) is 0.517. The average molecular weight is 540 g/mol. The van der Waals surface area contributed by atoms with Crippen molar-refractivity contribution >= 4 is 29.0 Å². The number of nitrogens with one attached hydrogen (secondary N) is 2. The van der Waals surface area contributed by atoms with Crippen LogP contribution in [0.15, 0.2) is 12.3 Å². The van der Waals surface area contributed by atoms with E-state index in [2.05, 4.69) is 20.6 Å². The first kappa shape index (κ1) is 25.9. The lowest BCUT2D eigenvalue weighted by Crippen LogP contribution is -2.42. The number of aryl methyl sites for hydroxylation is 1. The van der Waals surface area contributed by atoms with Gasteiger partial charge in [-0.2, -0.15) is 13.2 Å². The Kier molecular flexibility index (Phi) is 6.88. The molecule has 3 fully saturated rings. The van der Waals surface area contributed by atoms with Crippen LogP contribution < -0.4 is 10.6 Å². The summed E-state index contributed by atoms with van der Waals surface area (Å²) < 4.78 is 44.1. The number of fused-ring (bicyclic) bond motifs is 2. The number of alkyl halides is 3. The number of aliphatic hydroxyl groups excluding tert-OH is 1. The van der Waals surface area contributed by atoms with Gasteiger partial charge in [-0.25, -0.2) is 9.97 Å². The van der Waals surface area contributed by atoms with Gasteiger partial charge in [0.05, 0.1) is 30.2 Å². The molecule has 0 aliphatic carbocycles. The van der Waals surface area contributed by atoms with Crippen LogP contribution in [-0.4, -0.2) is 81.5 Å². The summed E-state index contributed by atoms with van der Waals surface area (Å²) in [7, 11) is 0. The summed E-state index contributed by atoms with van der Waals surface area (Å²) in [5.74, 6) is -0.742. The largest absolute Gasteiger partial charge is 0.408 e. The van der Waals surface area contributed by atoms with E-state index in [1.165, 1.54) is 12.3 Å². The average Bonchev–Trinajstić information content (AvgIpc) is 3.63. The molecule has 3 atom stereocenters. The van der Waals surface area contributed by atoms with E-state index in [0.717, 1.165) is 43.9 Å². The molecule has 9 nitrogen and oxygen atoms in total. The second-order valence-electron chi connectivity index (χ2n) is 9.85. The SMILES string of the molecule is Cc1cc(N[C@@H](C)C(F)(F)F)ncc1-c1sc(C(=O)N[C@H]2COC[C@H]2O)nc1C(=O)N1C2CCC1CC2. The number of ether oxygens (including phenoxy) is 1. The maximum absolute atomic E-state index is 13.7. The molecule has 13 heteroatoms. The minimum atomic E-state index is -4.43. The molecule has 0 unspecified atom stereocenters. The number of amides is 2. The fraction of sp³-hybridized carbons (Fsp3) is 0.583. The van der Waals surface area contributed by atoms with Crippen LogP contribution in [0.3, 0.4) is 0 Å². The Morgan fingerprint density at radius 3 is 2.46 bits per heavy atom. The number of nitrogens with zero attached hydrogens (tertiary/aromatic N) is 3. The van der Waals surface area contributed by atoms with E-state index < -0.39 is 30.3 Å². The van der Waals surface area contributed by atoms with Crippen molar-refractivity contribution < 1.29 is 32.6 Å². The number of pyridine rings is 1. The Bertz CT molecular complexity index is 1190. The van der Waals surface area contributed by atoms with Crippen LogP contribution in [0.25, 0.3) is 10.4 Å². The van der Waals surface area contributed by atoms with Crippen LogP contribution in [0.1, 0.15) is 58.5 Å². The normalized spacial score (nSPS) is 25.9. The maximum atomic E-state index is 13.7. The van der Waals surface area contributed by atoms with Gasteiger partial charge in [0.2, 0.25) is 0 Å². The molecule has 0 spiro atoms. The molecule has 5 heterocycles. The zero-order chi connectivity index (χ0) is 26.5. The Hall–Kier alpha value is -2.77. The van der Waals surface area contributed by atoms with Crippen molar-refractivity contribution in [2.45, 2.75) is 76.0 Å². The summed E-state index contributed by atoms with van der Waals surface area (Å²) in [4.78, 5) is 37.6. The van der Waals surface area contributed by atoms with E-state index in [1.54, 1.807) is 6.92 Å². The lowest BCUT2D eigenvalue weighted by Gasteiger charge is -2.22. The van der Waals surface area contributed by atoms with Crippen LogP contribution in [0.2, 0.25) is 0 Å². The standard InChI is InChI=1S/C24H28F3N5O4S/c1-11-7-18(29-12(2)24(25,26)27)28-8-15(11)20-19(23(35)32-13-3-4-14(32)6-5-13)31-22(37-20)21(34)30-16-9-36-10-17(16)33/h7-8,12-14,16-17,33H,3-6,9-10H2,1-2H3,(H,28,29)(H,30,34)/t12-,13?,14?,16-,17+/m0/s1. The highest BCUT2D eigenvalue weighted by Crippen LogP contribution is 2.41. The van der Waals surface area contributed by atoms with Gasteiger partial charge < -0.3 is 25.4 Å². The molecule has 2 aromatic heterocycles. The molecule has 0 aromatic carbocycles. The van der Waals surface area contributed by atoms with E-state index in [9.17, 15) is 27.9 Å². The van der Waals surface area contributed by atoms with Crippen molar-refractivity contribution in [1.29, 1.82) is 0 Å². The lowest BCUT2D eigenvalue weighted by atomic mass is 10.0. The molecule has 37 heavy (non-hydrogen) atoms. The van der Waals surface area contributed by atoms with Gasteiger partial charge in [-0.3, -0.25) is 9.59 Å². The number of rotatable bonds is 6. The third kappa shape index (κ3) is 5.04. The molecule has 2 bridgehead atoms. The van der Waals surface area contributed by atoms with Gasteiger partial charge in [-0.15, -0.1) is 11.3 Å². The second-order valence-corrected chi connectivity index (χ2v) is 10.8. The van der Waals surface area contributed by atoms with Gasteiger partial charge in [0, 0.05) is 23.8 Å². The molecule has 2 amide bonds. The monoisotopic (exact) mass is 539 g/mol. The highest BCUT2D eigenvalue weighted by atomic mass is 32.1. The van der Waals surface area contributed by atoms with Crippen molar-refractivity contribution in [1.82, 2.24) is 20.2 Å². The number of halogens is 3. The first-order valence-electron chi connectivity index (χ1n) is 12.2. The van der Waals surface area contributed by atoms with Crippen LogP contribution in [0.4, 0.5) is 19.0 Å². The fourth-order valence-electron chi connectivity index (χ4n) is 5.20. The van der Waals surface area contributed by atoms with Gasteiger partial charge in [-0.05, 0) is 51.2 Å². The number of aromatic nitrogens is 2. The van der Waals surface area contributed by atoms with E-state index in [-0.39, 0.29) is 47.7 Å². The Morgan fingerprint density at radius 1 is 1.22 bits per heavy atom. The molecule has 3 saturated heterocycles. The maximum Gasteiger partial charge on any atom is 0.408 e. The zero-order valence-corrected chi connectivity index (χ0v) is 21.2. The van der Waals surface area contributed by atoms with Gasteiger partial charge in [0.15, 0.2) is 5.01 Å². The number of carbonyl (C=O) groups is 2. The van der Waals surface area contributed by atoms with E-state index in [1.807, 2.05) is 4.90 Å². The topological polar surface area (TPSA) is 117 Å². The molecule has 200 valence electrons. The molecule has 3 aliphatic rings. The summed E-state index contributed by atoms with van der Waals surface area (Å²) in [6, 6.07) is -0.606. The van der Waals surface area contributed by atoms with Crippen molar-refractivity contribution in [2.24, 2.45) is 0 Å². The number of anilines is 1. The van der Waals surface area contributed by atoms with E-state index in [4.69, 9.17) is 4.74 Å². The van der Waals surface area contributed by atoms with E-state index in [0.29, 0.717) is 16.0 Å². The molecule has 3 N–H and O–H groups in total. The van der Waals surface area contributed by atoms with Gasteiger partial charge in [0.25, 0.3) is 11.8 Å². The zero-order valence-electron chi connectivity index (χ0n) is 20.3. The fourth-order valence-corrected chi connectivity index (χ4v) is 6.23. The summed E-state index contributed by atoms with van der Waals surface area (Å²) in [6.07, 6.45) is -0.138. The number of hydrogen-bond acceptors (Lipinski definition) is 8. The first-order chi connectivity index (χ1) is 17.5. The summed E-state index contributed by atoms with van der Waals surface area (Å²) in [6.45, 7) is 3.00. The summed E-state index contributed by atoms with van der Waals surface area (Å²) >= 11 is 1.02. The van der Waals surface area contributed by atoms with Crippen LogP contribution in [-0.2, 0) is 4.74 Å². The molecule has 0 radical (unpaired) electrons. The van der Waals surface area contributed by atoms with E-state index >= 15 is 0 Å². The minimum Gasteiger partial charge on any atom is -0.388 e. The molecule has 5 rings (SSSR count). The third-order valence-electron chi connectivity index (χ3n) is 7.29. The highest BCUT2D eigenvalue weighted by Gasteiger charge is 2.44. The lowest BCUT2D eigenvalue weighted by molar-refractivity contribution is -0.138. The van der Waals surface area contributed by atoms with Gasteiger partial charge in [0.1, 0.15) is 17.6 Å². The second kappa shape index (κ2) is 9.84.